The van der Waals surface area contributed by atoms with Crippen LogP contribution in [0.2, 0.25) is 0 Å². The van der Waals surface area contributed by atoms with Crippen LogP contribution in [0.25, 0.3) is 5.69 Å². The standard InChI is InChI=1S/C18H24N4O.ClH/c1-19-13-17-8-5-11-21(17)18(23)10-9-15-12-20-22(14-15)16-6-3-2-4-7-16;/h2-4,6-7,12,14,17,19H,5,8-11,13H2,1H3;1H. The Hall–Kier alpha value is -1.85. The van der Waals surface area contributed by atoms with Gasteiger partial charge in [0, 0.05) is 31.7 Å². The summed E-state index contributed by atoms with van der Waals surface area (Å²) in [6, 6.07) is 10.4. The minimum Gasteiger partial charge on any atom is -0.338 e. The summed E-state index contributed by atoms with van der Waals surface area (Å²) < 4.78 is 1.86. The zero-order valence-corrected chi connectivity index (χ0v) is 14.8. The van der Waals surface area contributed by atoms with Crippen molar-refractivity contribution in [3.63, 3.8) is 0 Å². The van der Waals surface area contributed by atoms with Gasteiger partial charge in [0.2, 0.25) is 5.91 Å². The van der Waals surface area contributed by atoms with Crippen molar-refractivity contribution >= 4 is 18.3 Å². The van der Waals surface area contributed by atoms with E-state index in [1.807, 2.05) is 59.4 Å². The van der Waals surface area contributed by atoms with Crippen molar-refractivity contribution in [1.29, 1.82) is 0 Å². The summed E-state index contributed by atoms with van der Waals surface area (Å²) in [4.78, 5) is 14.5. The van der Waals surface area contributed by atoms with Gasteiger partial charge < -0.3 is 10.2 Å². The van der Waals surface area contributed by atoms with Gasteiger partial charge in [-0.25, -0.2) is 4.68 Å². The first-order valence-corrected chi connectivity index (χ1v) is 8.31. The SMILES string of the molecule is CNCC1CCCN1C(=O)CCc1cnn(-c2ccccc2)c1.Cl. The molecule has 0 radical (unpaired) electrons. The molecule has 1 N–H and O–H groups in total. The molecule has 5 nitrogen and oxygen atoms in total. The lowest BCUT2D eigenvalue weighted by atomic mass is 10.1. The number of aromatic nitrogens is 2. The first-order valence-electron chi connectivity index (χ1n) is 8.31. The number of hydrogen-bond acceptors (Lipinski definition) is 3. The van der Waals surface area contributed by atoms with Gasteiger partial charge in [-0.05, 0) is 44.0 Å². The van der Waals surface area contributed by atoms with Crippen LogP contribution in [-0.2, 0) is 11.2 Å². The zero-order chi connectivity index (χ0) is 16.1. The van der Waals surface area contributed by atoms with E-state index in [9.17, 15) is 4.79 Å². The van der Waals surface area contributed by atoms with E-state index in [1.54, 1.807) is 0 Å². The second-order valence-corrected chi connectivity index (χ2v) is 6.07. The minimum atomic E-state index is 0. The maximum absolute atomic E-state index is 12.5. The van der Waals surface area contributed by atoms with Crippen LogP contribution in [0.4, 0.5) is 0 Å². The number of carbonyl (C=O) groups excluding carboxylic acids is 1. The molecule has 1 atom stereocenters. The highest BCUT2D eigenvalue weighted by atomic mass is 35.5. The number of nitrogens with one attached hydrogen (secondary N) is 1. The van der Waals surface area contributed by atoms with E-state index in [0.717, 1.165) is 43.6 Å². The quantitative estimate of drug-likeness (QED) is 0.872. The third-order valence-corrected chi connectivity index (χ3v) is 4.42. The van der Waals surface area contributed by atoms with Crippen LogP contribution in [0, 0.1) is 0 Å². The number of carbonyl (C=O) groups is 1. The monoisotopic (exact) mass is 348 g/mol. The number of benzene rings is 1. The summed E-state index contributed by atoms with van der Waals surface area (Å²) in [6.45, 7) is 1.78. The molecule has 130 valence electrons. The average Bonchev–Trinajstić information content (AvgIpc) is 3.23. The predicted octanol–water partition coefficient (Wildman–Crippen LogP) is 2.44. The third kappa shape index (κ3) is 4.36. The molecule has 0 aliphatic carbocycles. The van der Waals surface area contributed by atoms with Gasteiger partial charge in [0.05, 0.1) is 11.9 Å². The Morgan fingerprint density at radius 2 is 2.12 bits per heavy atom. The fourth-order valence-corrected chi connectivity index (χ4v) is 3.22. The Morgan fingerprint density at radius 3 is 2.88 bits per heavy atom. The maximum atomic E-state index is 12.5. The van der Waals surface area contributed by atoms with Gasteiger partial charge in [0.15, 0.2) is 0 Å². The molecule has 1 aliphatic heterocycles. The number of amides is 1. The van der Waals surface area contributed by atoms with Crippen LogP contribution in [0.1, 0.15) is 24.8 Å². The van der Waals surface area contributed by atoms with Crippen molar-refractivity contribution in [2.75, 3.05) is 20.1 Å². The van der Waals surface area contributed by atoms with Gasteiger partial charge in [0.1, 0.15) is 0 Å². The van der Waals surface area contributed by atoms with Crippen LogP contribution in [0.3, 0.4) is 0 Å². The molecular formula is C18H25ClN4O. The molecule has 1 aliphatic rings. The lowest BCUT2D eigenvalue weighted by Gasteiger charge is -2.24. The molecule has 1 amide bonds. The molecule has 3 rings (SSSR count). The fourth-order valence-electron chi connectivity index (χ4n) is 3.22. The van der Waals surface area contributed by atoms with Crippen molar-refractivity contribution in [3.8, 4) is 5.69 Å². The van der Waals surface area contributed by atoms with Gasteiger partial charge in [-0.15, -0.1) is 12.4 Å². The second-order valence-electron chi connectivity index (χ2n) is 6.07. The highest BCUT2D eigenvalue weighted by Crippen LogP contribution is 2.18. The lowest BCUT2D eigenvalue weighted by Crippen LogP contribution is -2.40. The van der Waals surface area contributed by atoms with E-state index in [1.165, 1.54) is 0 Å². The molecule has 0 bridgehead atoms. The zero-order valence-electron chi connectivity index (χ0n) is 14.0. The van der Waals surface area contributed by atoms with Crippen molar-refractivity contribution in [1.82, 2.24) is 20.0 Å². The van der Waals surface area contributed by atoms with Crippen molar-refractivity contribution < 1.29 is 4.79 Å². The van der Waals surface area contributed by atoms with Gasteiger partial charge in [-0.2, -0.15) is 5.10 Å². The molecule has 1 fully saturated rings. The molecule has 0 saturated carbocycles. The molecule has 0 spiro atoms. The summed E-state index contributed by atoms with van der Waals surface area (Å²) in [5.74, 6) is 0.259. The number of para-hydroxylation sites is 1. The first kappa shape index (κ1) is 18.5. The molecule has 2 aromatic rings. The Bertz CT molecular complexity index is 643. The Kier molecular flexibility index (Phi) is 6.82. The Labute approximate surface area is 149 Å². The minimum absolute atomic E-state index is 0. The summed E-state index contributed by atoms with van der Waals surface area (Å²) in [5.41, 5.74) is 2.14. The fraction of sp³-hybridized carbons (Fsp3) is 0.444. The Morgan fingerprint density at radius 1 is 1.33 bits per heavy atom. The van der Waals surface area contributed by atoms with Crippen molar-refractivity contribution in [2.24, 2.45) is 0 Å². The van der Waals surface area contributed by atoms with Gasteiger partial charge in [0.25, 0.3) is 0 Å². The van der Waals surface area contributed by atoms with E-state index >= 15 is 0 Å². The lowest BCUT2D eigenvalue weighted by molar-refractivity contribution is -0.131. The summed E-state index contributed by atoms with van der Waals surface area (Å²) in [5, 5.41) is 7.57. The molecule has 2 heterocycles. The summed E-state index contributed by atoms with van der Waals surface area (Å²) in [7, 11) is 1.94. The van der Waals surface area contributed by atoms with Crippen LogP contribution in [0.15, 0.2) is 42.7 Å². The topological polar surface area (TPSA) is 50.2 Å². The molecule has 24 heavy (non-hydrogen) atoms. The van der Waals surface area contributed by atoms with E-state index in [2.05, 4.69) is 10.4 Å². The summed E-state index contributed by atoms with van der Waals surface area (Å²) in [6.07, 6.45) is 7.39. The first-order chi connectivity index (χ1) is 11.3. The number of hydrogen-bond donors (Lipinski definition) is 1. The second kappa shape index (κ2) is 8.85. The highest BCUT2D eigenvalue weighted by molar-refractivity contribution is 5.85. The number of likely N-dealkylation sites (tertiary alicyclic amines) is 1. The van der Waals surface area contributed by atoms with Gasteiger partial charge in [-0.3, -0.25) is 4.79 Å². The molecule has 1 saturated heterocycles. The molecule has 1 aromatic heterocycles. The largest absolute Gasteiger partial charge is 0.338 e. The summed E-state index contributed by atoms with van der Waals surface area (Å²) >= 11 is 0. The smallest absolute Gasteiger partial charge is 0.223 e. The predicted molar refractivity (Wildman–Crippen MR) is 97.8 cm³/mol. The van der Waals surface area contributed by atoms with Gasteiger partial charge >= 0.3 is 0 Å². The van der Waals surface area contributed by atoms with E-state index in [4.69, 9.17) is 0 Å². The van der Waals surface area contributed by atoms with Gasteiger partial charge in [-0.1, -0.05) is 18.2 Å². The van der Waals surface area contributed by atoms with E-state index in [-0.39, 0.29) is 18.3 Å². The third-order valence-electron chi connectivity index (χ3n) is 4.42. The van der Waals surface area contributed by atoms with Crippen molar-refractivity contribution in [3.05, 3.63) is 48.3 Å². The molecule has 1 aromatic carbocycles. The van der Waals surface area contributed by atoms with Crippen LogP contribution >= 0.6 is 12.4 Å². The van der Waals surface area contributed by atoms with Crippen LogP contribution in [-0.4, -0.2) is 46.8 Å². The highest BCUT2D eigenvalue weighted by Gasteiger charge is 2.27. The van der Waals surface area contributed by atoms with Crippen molar-refractivity contribution in [2.45, 2.75) is 31.7 Å². The van der Waals surface area contributed by atoms with E-state index in [0.29, 0.717) is 12.5 Å². The number of aryl methyl sites for hydroxylation is 1. The maximum Gasteiger partial charge on any atom is 0.223 e. The van der Waals surface area contributed by atoms with Crippen LogP contribution < -0.4 is 5.32 Å². The molecular weight excluding hydrogens is 324 g/mol. The van der Waals surface area contributed by atoms with Crippen LogP contribution in [0.5, 0.6) is 0 Å². The number of nitrogens with zero attached hydrogens (tertiary/aromatic N) is 3. The number of likely N-dealkylation sites (N-methyl/N-ethyl adjacent to an activating group) is 1. The van der Waals surface area contributed by atoms with E-state index < -0.39 is 0 Å². The average molecular weight is 349 g/mol. The number of halogens is 1. The normalized spacial score (nSPS) is 16.9. The number of rotatable bonds is 6. The molecule has 6 heteroatoms. The molecule has 1 unspecified atom stereocenters. The Balaban J connectivity index is 0.00000208.